The van der Waals surface area contributed by atoms with Gasteiger partial charge in [0.2, 0.25) is 20.0 Å². The largest absolute Gasteiger partial charge is 0.507 e. The van der Waals surface area contributed by atoms with Crippen molar-refractivity contribution >= 4 is 31.6 Å². The molecule has 1 heterocycles. The van der Waals surface area contributed by atoms with Crippen molar-refractivity contribution in [3.05, 3.63) is 41.6 Å². The summed E-state index contributed by atoms with van der Waals surface area (Å²) in [6.07, 6.45) is 1.29. The molecule has 0 radical (unpaired) electrons. The lowest BCUT2D eigenvalue weighted by Gasteiger charge is -2.20. The first kappa shape index (κ1) is 28.7. The van der Waals surface area contributed by atoms with E-state index in [1.54, 1.807) is 27.7 Å². The maximum absolute atomic E-state index is 13.0. The van der Waals surface area contributed by atoms with Gasteiger partial charge in [-0.2, -0.15) is 13.7 Å². The number of benzene rings is 2. The predicted molar refractivity (Wildman–Crippen MR) is 139 cm³/mol. The molecule has 37 heavy (non-hydrogen) atoms. The molecule has 11 nitrogen and oxygen atoms in total. The molecule has 3 N–H and O–H groups in total. The van der Waals surface area contributed by atoms with Crippen LogP contribution < -0.4 is 4.74 Å². The number of phenolic OH excluding ortho intramolecular Hbond substituents is 2. The van der Waals surface area contributed by atoms with Gasteiger partial charge in [-0.3, -0.25) is 5.10 Å². The molecular formula is C23H29ClN4O7S2. The van der Waals surface area contributed by atoms with E-state index in [-0.39, 0.29) is 45.8 Å². The van der Waals surface area contributed by atoms with Crippen LogP contribution in [0, 0.1) is 0 Å². The lowest BCUT2D eigenvalue weighted by atomic mass is 10.1. The first-order valence-corrected chi connectivity index (χ1v) is 14.7. The van der Waals surface area contributed by atoms with Gasteiger partial charge in [0, 0.05) is 37.8 Å². The number of nitrogens with zero attached hydrogens (tertiary/aromatic N) is 3. The van der Waals surface area contributed by atoms with Crippen molar-refractivity contribution < 1.29 is 31.8 Å². The van der Waals surface area contributed by atoms with Gasteiger partial charge >= 0.3 is 0 Å². The van der Waals surface area contributed by atoms with Crippen LogP contribution in [0.25, 0.3) is 11.3 Å². The molecule has 202 valence electrons. The van der Waals surface area contributed by atoms with Gasteiger partial charge in [-0.05, 0) is 24.3 Å². The summed E-state index contributed by atoms with van der Waals surface area (Å²) in [6.45, 7) is 7.78. The molecule has 3 aromatic rings. The summed E-state index contributed by atoms with van der Waals surface area (Å²) in [5.41, 5.74) is 0.122. The Morgan fingerprint density at radius 1 is 0.865 bits per heavy atom. The fraction of sp³-hybridized carbons (Fsp3) is 0.348. The Kier molecular flexibility index (Phi) is 8.75. The molecule has 0 bridgehead atoms. The average molecular weight is 573 g/mol. The Labute approximate surface area is 221 Å². The summed E-state index contributed by atoms with van der Waals surface area (Å²) >= 11 is 6.34. The molecule has 0 fully saturated rings. The van der Waals surface area contributed by atoms with E-state index >= 15 is 0 Å². The summed E-state index contributed by atoms with van der Waals surface area (Å²) in [7, 11) is -7.79. The third-order valence-corrected chi connectivity index (χ3v) is 10.2. The SMILES string of the molecule is CCN(CC)S(=O)(=O)c1ccc(Oc2cn[nH]c2-c2cc(S(=O)(=O)N(CC)CC)c(O)cc2O)c(Cl)c1. The van der Waals surface area contributed by atoms with E-state index in [1.165, 1.54) is 33.0 Å². The van der Waals surface area contributed by atoms with Crippen LogP contribution in [-0.4, -0.2) is 72.0 Å². The maximum Gasteiger partial charge on any atom is 0.246 e. The number of hydrogen-bond donors (Lipinski definition) is 3. The van der Waals surface area contributed by atoms with E-state index in [4.69, 9.17) is 16.3 Å². The third-order valence-electron chi connectivity index (χ3n) is 5.74. The van der Waals surface area contributed by atoms with Gasteiger partial charge in [-0.1, -0.05) is 39.3 Å². The highest BCUT2D eigenvalue weighted by molar-refractivity contribution is 7.89. The number of aromatic amines is 1. The highest BCUT2D eigenvalue weighted by Crippen LogP contribution is 2.42. The van der Waals surface area contributed by atoms with E-state index in [0.717, 1.165) is 12.1 Å². The van der Waals surface area contributed by atoms with Gasteiger partial charge in [-0.25, -0.2) is 16.8 Å². The molecular weight excluding hydrogens is 544 g/mol. The third kappa shape index (κ3) is 5.55. The number of aromatic nitrogens is 2. The Bertz CT molecular complexity index is 1480. The second-order valence-corrected chi connectivity index (χ2v) is 12.1. The van der Waals surface area contributed by atoms with Gasteiger partial charge in [0.25, 0.3) is 0 Å². The number of phenols is 2. The van der Waals surface area contributed by atoms with Crippen molar-refractivity contribution in [2.45, 2.75) is 37.5 Å². The van der Waals surface area contributed by atoms with E-state index < -0.39 is 36.4 Å². The molecule has 0 atom stereocenters. The zero-order valence-electron chi connectivity index (χ0n) is 20.8. The molecule has 0 aliphatic heterocycles. The molecule has 2 aromatic carbocycles. The summed E-state index contributed by atoms with van der Waals surface area (Å²) in [6, 6.07) is 6.08. The van der Waals surface area contributed by atoms with Crippen LogP contribution in [0.1, 0.15) is 27.7 Å². The van der Waals surface area contributed by atoms with Crippen LogP contribution in [0.4, 0.5) is 0 Å². The molecule has 0 saturated heterocycles. The lowest BCUT2D eigenvalue weighted by molar-refractivity contribution is 0.422. The van der Waals surface area contributed by atoms with Gasteiger partial charge in [0.15, 0.2) is 5.75 Å². The van der Waals surface area contributed by atoms with Crippen molar-refractivity contribution in [1.82, 2.24) is 18.8 Å². The van der Waals surface area contributed by atoms with E-state index in [0.29, 0.717) is 13.1 Å². The summed E-state index contributed by atoms with van der Waals surface area (Å²) in [5, 5.41) is 27.4. The van der Waals surface area contributed by atoms with E-state index in [9.17, 15) is 27.0 Å². The Hall–Kier alpha value is -2.84. The number of sulfonamides is 2. The fourth-order valence-electron chi connectivity index (χ4n) is 3.77. The van der Waals surface area contributed by atoms with Crippen molar-refractivity contribution in [1.29, 1.82) is 0 Å². The standard InChI is InChI=1S/C23H29ClN4O7S2/c1-5-27(6-2)36(31,32)15-9-10-20(17(24)11-15)35-21-14-25-26-23(21)16-12-22(19(30)13-18(16)29)37(33,34)28(7-3)8-4/h9-14,29-30H,5-8H2,1-4H3,(H,25,26). The van der Waals surface area contributed by atoms with Crippen LogP contribution in [-0.2, 0) is 20.0 Å². The lowest BCUT2D eigenvalue weighted by Crippen LogP contribution is -2.30. The number of aromatic hydroxyl groups is 2. The topological polar surface area (TPSA) is 153 Å². The van der Waals surface area contributed by atoms with Crippen molar-refractivity contribution in [3.63, 3.8) is 0 Å². The summed E-state index contributed by atoms with van der Waals surface area (Å²) in [5.74, 6) is -0.842. The highest BCUT2D eigenvalue weighted by Gasteiger charge is 2.28. The molecule has 0 amide bonds. The van der Waals surface area contributed by atoms with Gasteiger partial charge in [0.05, 0.1) is 16.1 Å². The second kappa shape index (κ2) is 11.3. The first-order chi connectivity index (χ1) is 17.4. The monoisotopic (exact) mass is 572 g/mol. The fourth-order valence-corrected chi connectivity index (χ4v) is 7.08. The molecule has 0 unspecified atom stereocenters. The van der Waals surface area contributed by atoms with E-state index in [1.807, 2.05) is 0 Å². The number of rotatable bonds is 11. The highest BCUT2D eigenvalue weighted by atomic mass is 35.5. The second-order valence-electron chi connectivity index (χ2n) is 7.82. The minimum atomic E-state index is -4.06. The van der Waals surface area contributed by atoms with Crippen LogP contribution in [0.5, 0.6) is 23.0 Å². The zero-order valence-corrected chi connectivity index (χ0v) is 23.2. The Morgan fingerprint density at radius 2 is 1.46 bits per heavy atom. The summed E-state index contributed by atoms with van der Waals surface area (Å²) < 4.78 is 60.0. The maximum atomic E-state index is 13.0. The first-order valence-electron chi connectivity index (χ1n) is 11.5. The van der Waals surface area contributed by atoms with Crippen LogP contribution in [0.15, 0.2) is 46.3 Å². The van der Waals surface area contributed by atoms with Crippen LogP contribution in [0.3, 0.4) is 0 Å². The molecule has 0 spiro atoms. The predicted octanol–water partition coefficient (Wildman–Crippen LogP) is 3.99. The number of nitrogens with one attached hydrogen (secondary N) is 1. The van der Waals surface area contributed by atoms with Crippen LogP contribution in [0.2, 0.25) is 5.02 Å². The Balaban J connectivity index is 2.02. The molecule has 14 heteroatoms. The average Bonchev–Trinajstić information content (AvgIpc) is 3.29. The zero-order chi connectivity index (χ0) is 27.5. The van der Waals surface area contributed by atoms with Gasteiger partial charge in [0.1, 0.15) is 27.8 Å². The number of halogens is 1. The minimum absolute atomic E-state index is 0.00315. The van der Waals surface area contributed by atoms with Crippen molar-refractivity contribution in [2.75, 3.05) is 26.2 Å². The molecule has 3 rings (SSSR count). The van der Waals surface area contributed by atoms with Crippen LogP contribution >= 0.6 is 11.6 Å². The summed E-state index contributed by atoms with van der Waals surface area (Å²) in [4.78, 5) is -0.392. The normalized spacial score (nSPS) is 12.4. The van der Waals surface area contributed by atoms with Gasteiger partial charge < -0.3 is 14.9 Å². The Morgan fingerprint density at radius 3 is 2.03 bits per heavy atom. The quantitative estimate of drug-likeness (QED) is 0.312. The van der Waals surface area contributed by atoms with Gasteiger partial charge in [-0.15, -0.1) is 0 Å². The van der Waals surface area contributed by atoms with Crippen molar-refractivity contribution in [2.24, 2.45) is 0 Å². The smallest absolute Gasteiger partial charge is 0.246 e. The molecule has 1 aromatic heterocycles. The molecule has 0 aliphatic carbocycles. The number of ether oxygens (including phenoxy) is 1. The number of hydrogen-bond acceptors (Lipinski definition) is 8. The van der Waals surface area contributed by atoms with E-state index in [2.05, 4.69) is 10.2 Å². The minimum Gasteiger partial charge on any atom is -0.507 e. The number of H-pyrrole nitrogens is 1. The molecule has 0 aliphatic rings. The molecule has 0 saturated carbocycles. The van der Waals surface area contributed by atoms with Crippen molar-refractivity contribution in [3.8, 4) is 34.3 Å².